The Morgan fingerprint density at radius 1 is 0.364 bits per heavy atom. The topological polar surface area (TPSA) is 52.1 Å². The van der Waals surface area contributed by atoms with Gasteiger partial charge in [-0.15, -0.1) is 0 Å². The summed E-state index contributed by atoms with van der Waals surface area (Å²) in [5, 5.41) is 3.22. The highest BCUT2D eigenvalue weighted by atomic mass is 16.3. The fourth-order valence-electron chi connectivity index (χ4n) is 6.12. The van der Waals surface area contributed by atoms with Gasteiger partial charge in [0.1, 0.15) is 28.0 Å². The molecule has 3 aromatic heterocycles. The van der Waals surface area contributed by atoms with Crippen LogP contribution in [0.3, 0.4) is 0 Å². The molecule has 0 N–H and O–H groups in total. The number of fused-ring (bicyclic) bond motifs is 6. The summed E-state index contributed by atoms with van der Waals surface area (Å²) in [6.07, 6.45) is 0. The lowest BCUT2D eigenvalue weighted by Crippen LogP contribution is -1.93. The van der Waals surface area contributed by atoms with Crippen molar-refractivity contribution in [1.29, 1.82) is 0 Å². The molecule has 44 heavy (non-hydrogen) atoms. The number of para-hydroxylation sites is 1. The van der Waals surface area contributed by atoms with Crippen molar-refractivity contribution in [2.75, 3.05) is 0 Å². The molecule has 9 aromatic rings. The number of nitrogens with zero attached hydrogens (tertiary/aromatic N) is 2. The fourth-order valence-corrected chi connectivity index (χ4v) is 6.12. The summed E-state index contributed by atoms with van der Waals surface area (Å²) in [6, 6.07) is 49.9. The van der Waals surface area contributed by atoms with Crippen molar-refractivity contribution in [3.63, 3.8) is 0 Å². The monoisotopic (exact) mass is 564 g/mol. The summed E-state index contributed by atoms with van der Waals surface area (Å²) in [4.78, 5) is 10.0. The molecule has 0 atom stereocenters. The number of furan rings is 2. The van der Waals surface area contributed by atoms with Crippen LogP contribution in [0.25, 0.3) is 88.9 Å². The standard InChI is InChI=1S/C40H24N2O2/c1-3-10-25(11-4-1)37-39-38(42-40(41-37)26-12-5-2-6-13-26)33-24-30(19-21-36(33)44-39)28-15-9-14-27(22-28)29-18-20-35-32(23-29)31-16-7-8-17-34(31)43-35/h1-24H. The Labute approximate surface area is 252 Å². The highest BCUT2D eigenvalue weighted by Gasteiger charge is 2.19. The van der Waals surface area contributed by atoms with Crippen molar-refractivity contribution in [2.45, 2.75) is 0 Å². The Bertz CT molecular complexity index is 2490. The van der Waals surface area contributed by atoms with Crippen LogP contribution in [0.2, 0.25) is 0 Å². The van der Waals surface area contributed by atoms with Crippen LogP contribution in [-0.4, -0.2) is 9.97 Å². The van der Waals surface area contributed by atoms with Gasteiger partial charge in [-0.05, 0) is 58.7 Å². The molecule has 3 heterocycles. The molecule has 0 aliphatic carbocycles. The predicted molar refractivity (Wildman–Crippen MR) is 178 cm³/mol. The van der Waals surface area contributed by atoms with Gasteiger partial charge in [-0.3, -0.25) is 0 Å². The highest BCUT2D eigenvalue weighted by molar-refractivity contribution is 6.09. The number of rotatable bonds is 4. The fraction of sp³-hybridized carbons (Fsp3) is 0. The van der Waals surface area contributed by atoms with E-state index in [1.807, 2.05) is 66.7 Å². The second-order valence-electron chi connectivity index (χ2n) is 11.0. The second kappa shape index (κ2) is 9.79. The maximum Gasteiger partial charge on any atom is 0.180 e. The van der Waals surface area contributed by atoms with Gasteiger partial charge in [0.05, 0.1) is 0 Å². The first-order valence-corrected chi connectivity index (χ1v) is 14.7. The van der Waals surface area contributed by atoms with E-state index in [2.05, 4.69) is 78.9 Å². The van der Waals surface area contributed by atoms with Crippen LogP contribution in [-0.2, 0) is 0 Å². The van der Waals surface area contributed by atoms with Crippen molar-refractivity contribution in [3.05, 3.63) is 146 Å². The minimum absolute atomic E-state index is 0.675. The average molecular weight is 565 g/mol. The maximum atomic E-state index is 6.45. The van der Waals surface area contributed by atoms with Crippen molar-refractivity contribution < 1.29 is 8.83 Å². The summed E-state index contributed by atoms with van der Waals surface area (Å²) in [5.74, 6) is 0.675. The first-order valence-electron chi connectivity index (χ1n) is 14.7. The van der Waals surface area contributed by atoms with E-state index >= 15 is 0 Å². The summed E-state index contributed by atoms with van der Waals surface area (Å²) < 4.78 is 12.5. The lowest BCUT2D eigenvalue weighted by molar-refractivity contribution is 0.667. The molecular formula is C40H24N2O2. The van der Waals surface area contributed by atoms with E-state index in [1.165, 1.54) is 0 Å². The summed E-state index contributed by atoms with van der Waals surface area (Å²) in [6.45, 7) is 0. The third kappa shape index (κ3) is 4.00. The highest BCUT2D eigenvalue weighted by Crippen LogP contribution is 2.38. The third-order valence-corrected chi connectivity index (χ3v) is 8.30. The van der Waals surface area contributed by atoms with E-state index in [0.29, 0.717) is 11.4 Å². The van der Waals surface area contributed by atoms with Gasteiger partial charge in [0.15, 0.2) is 11.4 Å². The minimum atomic E-state index is 0.675. The number of benzene rings is 6. The summed E-state index contributed by atoms with van der Waals surface area (Å²) >= 11 is 0. The first kappa shape index (κ1) is 24.6. The molecule has 0 saturated heterocycles. The lowest BCUT2D eigenvalue weighted by atomic mass is 9.97. The molecule has 0 aliphatic rings. The van der Waals surface area contributed by atoms with E-state index in [4.69, 9.17) is 18.8 Å². The zero-order valence-corrected chi connectivity index (χ0v) is 23.6. The van der Waals surface area contributed by atoms with E-state index in [-0.39, 0.29) is 0 Å². The molecule has 6 aromatic carbocycles. The molecule has 0 amide bonds. The molecule has 0 aliphatic heterocycles. The Morgan fingerprint density at radius 2 is 0.932 bits per heavy atom. The Hall–Kier alpha value is -6.00. The Kier molecular flexibility index (Phi) is 5.47. The lowest BCUT2D eigenvalue weighted by Gasteiger charge is -2.07. The van der Waals surface area contributed by atoms with Gasteiger partial charge in [-0.2, -0.15) is 0 Å². The number of hydrogen-bond acceptors (Lipinski definition) is 4. The van der Waals surface area contributed by atoms with Crippen molar-refractivity contribution in [2.24, 2.45) is 0 Å². The zero-order chi connectivity index (χ0) is 29.0. The van der Waals surface area contributed by atoms with Crippen LogP contribution in [0, 0.1) is 0 Å². The van der Waals surface area contributed by atoms with E-state index in [0.717, 1.165) is 77.5 Å². The molecule has 4 heteroatoms. The van der Waals surface area contributed by atoms with Gasteiger partial charge in [-0.25, -0.2) is 9.97 Å². The van der Waals surface area contributed by atoms with Crippen LogP contribution in [0.4, 0.5) is 0 Å². The third-order valence-electron chi connectivity index (χ3n) is 8.30. The van der Waals surface area contributed by atoms with Crippen LogP contribution >= 0.6 is 0 Å². The van der Waals surface area contributed by atoms with Gasteiger partial charge in [-0.1, -0.05) is 109 Å². The van der Waals surface area contributed by atoms with Gasteiger partial charge < -0.3 is 8.83 Å². The maximum absolute atomic E-state index is 6.45. The molecule has 9 rings (SSSR count). The molecular weight excluding hydrogens is 540 g/mol. The Morgan fingerprint density at radius 3 is 1.68 bits per heavy atom. The molecule has 0 saturated carbocycles. The molecule has 0 unspecified atom stereocenters. The van der Waals surface area contributed by atoms with Crippen molar-refractivity contribution in [3.8, 4) is 44.9 Å². The van der Waals surface area contributed by atoms with E-state index in [9.17, 15) is 0 Å². The zero-order valence-electron chi connectivity index (χ0n) is 23.6. The predicted octanol–water partition coefficient (Wildman–Crippen LogP) is 10.9. The van der Waals surface area contributed by atoms with Crippen LogP contribution in [0.5, 0.6) is 0 Å². The van der Waals surface area contributed by atoms with Crippen LogP contribution < -0.4 is 0 Å². The van der Waals surface area contributed by atoms with E-state index < -0.39 is 0 Å². The molecule has 0 radical (unpaired) electrons. The summed E-state index contributed by atoms with van der Waals surface area (Å²) in [7, 11) is 0. The van der Waals surface area contributed by atoms with Crippen molar-refractivity contribution in [1.82, 2.24) is 9.97 Å². The van der Waals surface area contributed by atoms with Gasteiger partial charge in [0.2, 0.25) is 0 Å². The SMILES string of the molecule is c1ccc(-c2nc(-c3ccccc3)c3oc4ccc(-c5cccc(-c6ccc7oc8ccccc8c7c6)c5)cc4c3n2)cc1. The van der Waals surface area contributed by atoms with Gasteiger partial charge in [0, 0.05) is 27.3 Å². The largest absolute Gasteiger partial charge is 0.456 e. The van der Waals surface area contributed by atoms with Crippen LogP contribution in [0.15, 0.2) is 154 Å². The quantitative estimate of drug-likeness (QED) is 0.213. The summed E-state index contributed by atoms with van der Waals surface area (Å²) in [5.41, 5.74) is 11.3. The van der Waals surface area contributed by atoms with Crippen LogP contribution in [0.1, 0.15) is 0 Å². The molecule has 0 bridgehead atoms. The van der Waals surface area contributed by atoms with Gasteiger partial charge >= 0.3 is 0 Å². The smallest absolute Gasteiger partial charge is 0.180 e. The minimum Gasteiger partial charge on any atom is -0.456 e. The van der Waals surface area contributed by atoms with Gasteiger partial charge in [0.25, 0.3) is 0 Å². The second-order valence-corrected chi connectivity index (χ2v) is 11.0. The molecule has 206 valence electrons. The first-order chi connectivity index (χ1) is 21.8. The van der Waals surface area contributed by atoms with E-state index in [1.54, 1.807) is 0 Å². The number of aromatic nitrogens is 2. The normalized spacial score (nSPS) is 11.6. The molecule has 0 fully saturated rings. The number of hydrogen-bond donors (Lipinski definition) is 0. The Balaban J connectivity index is 1.20. The molecule has 0 spiro atoms. The average Bonchev–Trinajstić information content (AvgIpc) is 3.66. The molecule has 4 nitrogen and oxygen atoms in total. The van der Waals surface area contributed by atoms with Crippen molar-refractivity contribution >= 4 is 44.0 Å².